The number of phenolic OH excluding ortho intramolecular Hbond substituents is 1. The summed E-state index contributed by atoms with van der Waals surface area (Å²) in [5, 5.41) is 19.1. The van der Waals surface area contributed by atoms with Crippen LogP contribution in [0.15, 0.2) is 24.3 Å². The van der Waals surface area contributed by atoms with E-state index in [0.717, 1.165) is 51.3 Å². The number of carbonyl (C=O) groups is 1. The molecule has 0 aromatic heterocycles. The Morgan fingerprint density at radius 1 is 0.885 bits per heavy atom. The van der Waals surface area contributed by atoms with Gasteiger partial charge in [-0.3, -0.25) is 0 Å². The Morgan fingerprint density at radius 3 is 1.69 bits per heavy atom. The second-order valence-electron chi connectivity index (χ2n) is 6.05. The van der Waals surface area contributed by atoms with E-state index in [0.29, 0.717) is 24.8 Å². The number of phenols is 1. The minimum absolute atomic E-state index is 0.418. The first-order chi connectivity index (χ1) is 12.6. The number of para-hydroxylation sites is 1. The highest BCUT2D eigenvalue weighted by molar-refractivity contribution is 5.31. The Labute approximate surface area is 158 Å². The van der Waals surface area contributed by atoms with Crippen LogP contribution < -0.4 is 27.4 Å². The molecule has 0 spiro atoms. The van der Waals surface area contributed by atoms with E-state index < -0.39 is 0 Å². The summed E-state index contributed by atoms with van der Waals surface area (Å²) in [5.74, 6) is 1.02. The molecule has 0 amide bonds. The second-order valence-corrected chi connectivity index (χ2v) is 6.05. The van der Waals surface area contributed by atoms with Gasteiger partial charge in [0.05, 0.1) is 0 Å². The van der Waals surface area contributed by atoms with Crippen molar-refractivity contribution in [3.05, 3.63) is 29.8 Å². The lowest BCUT2D eigenvalue weighted by atomic mass is 10.0. The molecule has 26 heavy (non-hydrogen) atoms. The van der Waals surface area contributed by atoms with Crippen molar-refractivity contribution >= 4 is 6.79 Å². The third-order valence-corrected chi connectivity index (χ3v) is 3.22. The molecule has 0 fully saturated rings. The minimum atomic E-state index is 0.418. The molecule has 152 valence electrons. The van der Waals surface area contributed by atoms with Gasteiger partial charge in [0.2, 0.25) is 0 Å². The lowest BCUT2D eigenvalue weighted by molar-refractivity contribution is -0.0979. The lowest BCUT2D eigenvalue weighted by Gasteiger charge is -2.06. The van der Waals surface area contributed by atoms with Gasteiger partial charge in [0.15, 0.2) is 0 Å². The van der Waals surface area contributed by atoms with E-state index in [-0.39, 0.29) is 0 Å². The van der Waals surface area contributed by atoms with Gasteiger partial charge in [-0.25, -0.2) is 0 Å². The van der Waals surface area contributed by atoms with Gasteiger partial charge in [0.1, 0.15) is 12.5 Å². The van der Waals surface area contributed by atoms with Crippen molar-refractivity contribution in [3.63, 3.8) is 0 Å². The third kappa shape index (κ3) is 18.8. The predicted octanol–water partition coefficient (Wildman–Crippen LogP) is 0.0784. The SMILES string of the molecule is C=O.CC(C)Cc1ccccc1O.NCCNCCNCCNCCN. The van der Waals surface area contributed by atoms with E-state index in [9.17, 15) is 5.11 Å². The monoisotopic (exact) mass is 369 g/mol. The van der Waals surface area contributed by atoms with Gasteiger partial charge in [-0.1, -0.05) is 32.0 Å². The highest BCUT2D eigenvalue weighted by Gasteiger charge is 2.01. The van der Waals surface area contributed by atoms with Gasteiger partial charge in [0.25, 0.3) is 0 Å². The van der Waals surface area contributed by atoms with Crippen LogP contribution in [-0.4, -0.2) is 64.3 Å². The smallest absolute Gasteiger partial charge is 0.118 e. The maximum Gasteiger partial charge on any atom is 0.118 e. The number of nitrogens with two attached hydrogens (primary N) is 2. The van der Waals surface area contributed by atoms with Crippen molar-refractivity contribution in [3.8, 4) is 5.75 Å². The van der Waals surface area contributed by atoms with Crippen molar-refractivity contribution < 1.29 is 9.90 Å². The van der Waals surface area contributed by atoms with Crippen LogP contribution >= 0.6 is 0 Å². The van der Waals surface area contributed by atoms with Crippen LogP contribution in [0.5, 0.6) is 5.75 Å². The summed E-state index contributed by atoms with van der Waals surface area (Å²) in [5.41, 5.74) is 11.7. The fourth-order valence-corrected chi connectivity index (χ4v) is 2.06. The summed E-state index contributed by atoms with van der Waals surface area (Å²) in [7, 11) is 0. The fourth-order valence-electron chi connectivity index (χ4n) is 2.06. The maximum atomic E-state index is 9.36. The zero-order valence-corrected chi connectivity index (χ0v) is 16.5. The van der Waals surface area contributed by atoms with Crippen molar-refractivity contribution in [1.82, 2.24) is 16.0 Å². The number of hydrogen-bond acceptors (Lipinski definition) is 7. The van der Waals surface area contributed by atoms with Crippen molar-refractivity contribution in [2.24, 2.45) is 17.4 Å². The molecule has 0 bridgehead atoms. The van der Waals surface area contributed by atoms with E-state index in [2.05, 4.69) is 29.8 Å². The largest absolute Gasteiger partial charge is 0.508 e. The Bertz CT molecular complexity index is 395. The van der Waals surface area contributed by atoms with E-state index in [4.69, 9.17) is 16.3 Å². The molecule has 1 aromatic rings. The Balaban J connectivity index is 0. The molecule has 8 N–H and O–H groups in total. The summed E-state index contributed by atoms with van der Waals surface area (Å²) in [6.45, 7) is 13.4. The van der Waals surface area contributed by atoms with Gasteiger partial charge >= 0.3 is 0 Å². The van der Waals surface area contributed by atoms with Crippen molar-refractivity contribution in [2.45, 2.75) is 20.3 Å². The standard InChI is InChI=1S/C10H14O.C8H23N5.CH2O/c1-8(2)7-9-5-3-4-6-10(9)11;9-1-3-11-5-7-13-8-6-12-4-2-10;1-2/h3-6,8,11H,7H2,1-2H3;11-13H,1-10H2;1H2. The maximum absolute atomic E-state index is 9.36. The third-order valence-electron chi connectivity index (χ3n) is 3.22. The van der Waals surface area contributed by atoms with Crippen molar-refractivity contribution in [1.29, 1.82) is 0 Å². The highest BCUT2D eigenvalue weighted by Crippen LogP contribution is 2.18. The molecular weight excluding hydrogens is 330 g/mol. The van der Waals surface area contributed by atoms with Gasteiger partial charge < -0.3 is 37.3 Å². The van der Waals surface area contributed by atoms with Crippen molar-refractivity contribution in [2.75, 3.05) is 52.4 Å². The van der Waals surface area contributed by atoms with Gasteiger partial charge in [-0.05, 0) is 24.0 Å². The highest BCUT2D eigenvalue weighted by atomic mass is 16.3. The number of rotatable bonds is 12. The number of nitrogens with one attached hydrogen (secondary N) is 3. The molecule has 0 radical (unpaired) electrons. The van der Waals surface area contributed by atoms with E-state index >= 15 is 0 Å². The average Bonchev–Trinajstić information content (AvgIpc) is 2.64. The molecule has 0 aliphatic rings. The lowest BCUT2D eigenvalue weighted by Crippen LogP contribution is -2.35. The molecule has 7 nitrogen and oxygen atoms in total. The zero-order chi connectivity index (χ0) is 20.0. The van der Waals surface area contributed by atoms with Crippen LogP contribution in [0, 0.1) is 5.92 Å². The molecule has 1 rings (SSSR count). The number of hydrogen-bond donors (Lipinski definition) is 6. The number of aromatic hydroxyl groups is 1. The first kappa shape index (κ1) is 26.7. The summed E-state index contributed by atoms with van der Waals surface area (Å²) < 4.78 is 0. The number of benzene rings is 1. The molecule has 0 saturated carbocycles. The topological polar surface area (TPSA) is 125 Å². The zero-order valence-electron chi connectivity index (χ0n) is 16.5. The summed E-state index contributed by atoms with van der Waals surface area (Å²) >= 11 is 0. The van der Waals surface area contributed by atoms with Crippen LogP contribution in [0.4, 0.5) is 0 Å². The van der Waals surface area contributed by atoms with E-state index in [1.54, 1.807) is 6.07 Å². The van der Waals surface area contributed by atoms with Crippen LogP contribution in [0.3, 0.4) is 0 Å². The van der Waals surface area contributed by atoms with Crippen LogP contribution in [0.2, 0.25) is 0 Å². The van der Waals surface area contributed by atoms with Crippen LogP contribution in [0.25, 0.3) is 0 Å². The van der Waals surface area contributed by atoms with E-state index in [1.165, 1.54) is 0 Å². The second kappa shape index (κ2) is 21.5. The van der Waals surface area contributed by atoms with Crippen LogP contribution in [-0.2, 0) is 11.2 Å². The summed E-state index contributed by atoms with van der Waals surface area (Å²) in [6.07, 6.45) is 0.951. The summed E-state index contributed by atoms with van der Waals surface area (Å²) in [4.78, 5) is 8.00. The van der Waals surface area contributed by atoms with Gasteiger partial charge in [-0.15, -0.1) is 0 Å². The Hall–Kier alpha value is -1.51. The normalized spacial score (nSPS) is 9.88. The predicted molar refractivity (Wildman–Crippen MR) is 110 cm³/mol. The quantitative estimate of drug-likeness (QED) is 0.288. The Morgan fingerprint density at radius 2 is 1.31 bits per heavy atom. The molecule has 0 atom stereocenters. The minimum Gasteiger partial charge on any atom is -0.508 e. The Kier molecular flexibility index (Phi) is 22.1. The molecule has 0 unspecified atom stereocenters. The molecule has 7 heteroatoms. The molecule has 0 aliphatic heterocycles. The summed E-state index contributed by atoms with van der Waals surface area (Å²) in [6, 6.07) is 7.50. The fraction of sp³-hybridized carbons (Fsp3) is 0.632. The number of carbonyl (C=O) groups excluding carboxylic acids is 1. The molecule has 0 aliphatic carbocycles. The van der Waals surface area contributed by atoms with Crippen LogP contribution in [0.1, 0.15) is 19.4 Å². The average molecular weight is 370 g/mol. The molecule has 0 heterocycles. The van der Waals surface area contributed by atoms with Gasteiger partial charge in [0, 0.05) is 52.4 Å². The first-order valence-electron chi connectivity index (χ1n) is 9.19. The van der Waals surface area contributed by atoms with E-state index in [1.807, 2.05) is 25.0 Å². The van der Waals surface area contributed by atoms with Gasteiger partial charge in [-0.2, -0.15) is 0 Å². The molecule has 1 aromatic carbocycles. The first-order valence-corrected chi connectivity index (χ1v) is 9.19. The molecule has 0 saturated heterocycles. The molecular formula is C19H39N5O2.